The highest BCUT2D eigenvalue weighted by atomic mass is 16.6. The van der Waals surface area contributed by atoms with Crippen LogP contribution in [0.25, 0.3) is 0 Å². The second-order valence-electron chi connectivity index (χ2n) is 4.62. The van der Waals surface area contributed by atoms with Crippen molar-refractivity contribution in [3.05, 3.63) is 59.7 Å². The minimum absolute atomic E-state index is 0.163. The third-order valence-corrected chi connectivity index (χ3v) is 2.99. The average molecular weight is 298 g/mol. The summed E-state index contributed by atoms with van der Waals surface area (Å²) in [5.41, 5.74) is 1.75. The van der Waals surface area contributed by atoms with Crippen LogP contribution in [0.2, 0.25) is 0 Å². The Labute approximate surface area is 129 Å². The molecule has 0 unspecified atom stereocenters. The van der Waals surface area contributed by atoms with Gasteiger partial charge < -0.3 is 14.9 Å². The van der Waals surface area contributed by atoms with E-state index in [1.54, 1.807) is 13.1 Å². The Kier molecular flexibility index (Phi) is 5.14. The SMILES string of the molecule is CNC(=O)/C(=N\OC)c1ccc(C)cc1Oc1ccccc1. The molecule has 0 saturated heterocycles. The predicted molar refractivity (Wildman–Crippen MR) is 85.3 cm³/mol. The number of para-hydroxylation sites is 1. The van der Waals surface area contributed by atoms with Gasteiger partial charge >= 0.3 is 0 Å². The third-order valence-electron chi connectivity index (χ3n) is 2.99. The van der Waals surface area contributed by atoms with Crippen LogP contribution in [0.5, 0.6) is 11.5 Å². The minimum atomic E-state index is -0.344. The summed E-state index contributed by atoms with van der Waals surface area (Å²) in [6, 6.07) is 14.9. The van der Waals surface area contributed by atoms with Crippen LogP contribution in [0, 0.1) is 6.92 Å². The number of nitrogens with one attached hydrogen (secondary N) is 1. The number of nitrogens with zero attached hydrogens (tertiary/aromatic N) is 1. The van der Waals surface area contributed by atoms with E-state index in [2.05, 4.69) is 10.5 Å². The Morgan fingerprint density at radius 3 is 2.50 bits per heavy atom. The van der Waals surface area contributed by atoms with E-state index in [-0.39, 0.29) is 11.6 Å². The topological polar surface area (TPSA) is 59.9 Å². The Morgan fingerprint density at radius 2 is 1.86 bits per heavy atom. The molecule has 22 heavy (non-hydrogen) atoms. The molecule has 5 heteroatoms. The van der Waals surface area contributed by atoms with Crippen LogP contribution in [0.15, 0.2) is 53.7 Å². The van der Waals surface area contributed by atoms with Gasteiger partial charge in [-0.15, -0.1) is 0 Å². The van der Waals surface area contributed by atoms with E-state index >= 15 is 0 Å². The van der Waals surface area contributed by atoms with Crippen LogP contribution in [0.3, 0.4) is 0 Å². The summed E-state index contributed by atoms with van der Waals surface area (Å²) < 4.78 is 5.90. The molecule has 0 aliphatic carbocycles. The Hall–Kier alpha value is -2.82. The fourth-order valence-electron chi connectivity index (χ4n) is 1.95. The van der Waals surface area contributed by atoms with Crippen LogP contribution in [0.1, 0.15) is 11.1 Å². The first-order chi connectivity index (χ1) is 10.7. The van der Waals surface area contributed by atoms with Gasteiger partial charge in [-0.2, -0.15) is 0 Å². The molecule has 0 spiro atoms. The zero-order chi connectivity index (χ0) is 15.9. The molecule has 2 rings (SSSR count). The highest BCUT2D eigenvalue weighted by Gasteiger charge is 2.19. The second-order valence-corrected chi connectivity index (χ2v) is 4.62. The average Bonchev–Trinajstić information content (AvgIpc) is 2.54. The van der Waals surface area contributed by atoms with Crippen molar-refractivity contribution in [2.45, 2.75) is 6.92 Å². The molecule has 1 amide bonds. The monoisotopic (exact) mass is 298 g/mol. The Morgan fingerprint density at radius 1 is 1.14 bits per heavy atom. The maximum atomic E-state index is 12.0. The number of oxime groups is 1. The molecule has 0 saturated carbocycles. The summed E-state index contributed by atoms with van der Waals surface area (Å²) in [5, 5.41) is 6.37. The predicted octanol–water partition coefficient (Wildman–Crippen LogP) is 2.88. The standard InChI is InChI=1S/C17H18N2O3/c1-12-9-10-14(16(19-21-3)17(20)18-2)15(11-12)22-13-7-5-4-6-8-13/h4-11H,1-3H3,(H,18,20)/b19-16-. The number of ether oxygens (including phenoxy) is 1. The maximum absolute atomic E-state index is 12.0. The van der Waals surface area contributed by atoms with Gasteiger partial charge in [-0.1, -0.05) is 29.4 Å². The Bertz CT molecular complexity index is 682. The van der Waals surface area contributed by atoms with Crippen molar-refractivity contribution in [3.8, 4) is 11.5 Å². The fraction of sp³-hybridized carbons (Fsp3) is 0.176. The molecule has 0 atom stereocenters. The Balaban J connectivity index is 2.47. The van der Waals surface area contributed by atoms with Gasteiger partial charge in [0.05, 0.1) is 5.56 Å². The summed E-state index contributed by atoms with van der Waals surface area (Å²) >= 11 is 0. The molecule has 114 valence electrons. The number of hydrogen-bond donors (Lipinski definition) is 1. The van der Waals surface area contributed by atoms with E-state index in [1.807, 2.05) is 49.4 Å². The van der Waals surface area contributed by atoms with E-state index < -0.39 is 0 Å². The van der Waals surface area contributed by atoms with E-state index in [9.17, 15) is 4.79 Å². The normalized spacial score (nSPS) is 11.0. The van der Waals surface area contributed by atoms with Gasteiger partial charge in [0.1, 0.15) is 18.6 Å². The van der Waals surface area contributed by atoms with E-state index in [0.29, 0.717) is 17.1 Å². The molecule has 2 aromatic rings. The van der Waals surface area contributed by atoms with Gasteiger partial charge in [0.25, 0.3) is 5.91 Å². The van der Waals surface area contributed by atoms with E-state index in [0.717, 1.165) is 5.56 Å². The zero-order valence-corrected chi connectivity index (χ0v) is 12.8. The van der Waals surface area contributed by atoms with Crippen molar-refractivity contribution in [1.29, 1.82) is 0 Å². The maximum Gasteiger partial charge on any atom is 0.273 e. The lowest BCUT2D eigenvalue weighted by molar-refractivity contribution is -0.114. The molecule has 2 aromatic carbocycles. The molecule has 0 bridgehead atoms. The van der Waals surface area contributed by atoms with Gasteiger partial charge in [-0.05, 0) is 36.8 Å². The van der Waals surface area contributed by atoms with Gasteiger partial charge in [-0.25, -0.2) is 0 Å². The lowest BCUT2D eigenvalue weighted by atomic mass is 10.1. The number of rotatable bonds is 5. The van der Waals surface area contributed by atoms with E-state index in [4.69, 9.17) is 9.57 Å². The summed E-state index contributed by atoms with van der Waals surface area (Å²) in [4.78, 5) is 16.8. The fourth-order valence-corrected chi connectivity index (χ4v) is 1.95. The van der Waals surface area contributed by atoms with Crippen LogP contribution < -0.4 is 10.1 Å². The highest BCUT2D eigenvalue weighted by molar-refractivity contribution is 6.45. The first kappa shape index (κ1) is 15.6. The quantitative estimate of drug-likeness (QED) is 0.682. The third kappa shape index (κ3) is 3.63. The highest BCUT2D eigenvalue weighted by Crippen LogP contribution is 2.27. The van der Waals surface area contributed by atoms with E-state index in [1.165, 1.54) is 7.11 Å². The van der Waals surface area contributed by atoms with Crippen molar-refractivity contribution >= 4 is 11.6 Å². The molecule has 0 aliphatic rings. The molecular formula is C17H18N2O3. The molecule has 0 fully saturated rings. The smallest absolute Gasteiger partial charge is 0.273 e. The van der Waals surface area contributed by atoms with Crippen LogP contribution in [-0.4, -0.2) is 25.8 Å². The largest absolute Gasteiger partial charge is 0.457 e. The summed E-state index contributed by atoms with van der Waals surface area (Å²) in [6.45, 7) is 1.95. The van der Waals surface area contributed by atoms with Gasteiger partial charge in [0.2, 0.25) is 0 Å². The number of hydrogen-bond acceptors (Lipinski definition) is 4. The van der Waals surface area contributed by atoms with Crippen LogP contribution in [-0.2, 0) is 9.63 Å². The lowest BCUT2D eigenvalue weighted by Crippen LogP contribution is -2.28. The van der Waals surface area contributed by atoms with Crippen molar-refractivity contribution < 1.29 is 14.4 Å². The van der Waals surface area contributed by atoms with Crippen molar-refractivity contribution in [1.82, 2.24) is 5.32 Å². The second kappa shape index (κ2) is 7.26. The first-order valence-corrected chi connectivity index (χ1v) is 6.83. The molecule has 5 nitrogen and oxygen atoms in total. The van der Waals surface area contributed by atoms with Crippen molar-refractivity contribution in [2.75, 3.05) is 14.2 Å². The van der Waals surface area contributed by atoms with Crippen LogP contribution in [0.4, 0.5) is 0 Å². The number of aryl methyl sites for hydroxylation is 1. The molecule has 0 aromatic heterocycles. The number of amides is 1. The molecule has 0 radical (unpaired) electrons. The summed E-state index contributed by atoms with van der Waals surface area (Å²) in [6.07, 6.45) is 0. The van der Waals surface area contributed by atoms with Crippen LogP contribution >= 0.6 is 0 Å². The number of carbonyl (C=O) groups is 1. The molecule has 0 aliphatic heterocycles. The molecular weight excluding hydrogens is 280 g/mol. The van der Waals surface area contributed by atoms with Crippen molar-refractivity contribution in [2.24, 2.45) is 5.16 Å². The first-order valence-electron chi connectivity index (χ1n) is 6.83. The van der Waals surface area contributed by atoms with Crippen molar-refractivity contribution in [3.63, 3.8) is 0 Å². The zero-order valence-electron chi connectivity index (χ0n) is 12.8. The summed E-state index contributed by atoms with van der Waals surface area (Å²) in [7, 11) is 2.94. The molecule has 1 N–H and O–H groups in total. The lowest BCUT2D eigenvalue weighted by Gasteiger charge is -2.13. The van der Waals surface area contributed by atoms with Gasteiger partial charge in [0, 0.05) is 7.05 Å². The minimum Gasteiger partial charge on any atom is -0.457 e. The number of likely N-dealkylation sites (N-methyl/N-ethyl adjacent to an activating group) is 1. The number of carbonyl (C=O) groups excluding carboxylic acids is 1. The molecule has 0 heterocycles. The summed E-state index contributed by atoms with van der Waals surface area (Å²) in [5.74, 6) is 0.886. The van der Waals surface area contributed by atoms with Gasteiger partial charge in [-0.3, -0.25) is 4.79 Å². The van der Waals surface area contributed by atoms with Gasteiger partial charge in [0.15, 0.2) is 5.71 Å². The number of benzene rings is 2.